The van der Waals surface area contributed by atoms with Gasteiger partial charge in [0.2, 0.25) is 0 Å². The topological polar surface area (TPSA) is 56.0 Å². The predicted molar refractivity (Wildman–Crippen MR) is 131 cm³/mol. The second-order valence-electron chi connectivity index (χ2n) is 8.17. The van der Waals surface area contributed by atoms with E-state index in [1.54, 1.807) is 6.26 Å². The molecule has 6 nitrogen and oxygen atoms in total. The summed E-state index contributed by atoms with van der Waals surface area (Å²) in [5, 5.41) is 7.06. The molecule has 2 aliphatic heterocycles. The van der Waals surface area contributed by atoms with E-state index in [1.807, 2.05) is 13.1 Å². The molecule has 1 unspecified atom stereocenters. The van der Waals surface area contributed by atoms with Gasteiger partial charge in [-0.1, -0.05) is 13.3 Å². The number of halogens is 1. The summed E-state index contributed by atoms with van der Waals surface area (Å²) in [5.41, 5.74) is 0. The van der Waals surface area contributed by atoms with E-state index in [9.17, 15) is 0 Å². The van der Waals surface area contributed by atoms with Gasteiger partial charge in [-0.2, -0.15) is 0 Å². The van der Waals surface area contributed by atoms with E-state index in [0.717, 1.165) is 43.8 Å². The van der Waals surface area contributed by atoms with E-state index in [0.29, 0.717) is 0 Å². The number of guanidine groups is 1. The number of nitrogens with zero attached hydrogens (tertiary/aromatic N) is 3. The lowest BCUT2D eigenvalue weighted by molar-refractivity contribution is 0.146. The molecule has 2 fully saturated rings. The summed E-state index contributed by atoms with van der Waals surface area (Å²) in [6.45, 7) is 10.1. The fourth-order valence-corrected chi connectivity index (χ4v) is 4.52. The highest BCUT2D eigenvalue weighted by atomic mass is 127. The molecule has 0 radical (unpaired) electrons. The Bertz CT molecular complexity index is 566. The lowest BCUT2D eigenvalue weighted by atomic mass is 9.93. The second kappa shape index (κ2) is 13.5. The van der Waals surface area contributed by atoms with Crippen molar-refractivity contribution in [1.29, 1.82) is 0 Å². The predicted octanol–water partition coefficient (Wildman–Crippen LogP) is 3.71. The minimum Gasteiger partial charge on any atom is -0.468 e. The van der Waals surface area contributed by atoms with Crippen LogP contribution in [0.4, 0.5) is 0 Å². The average Bonchev–Trinajstić information content (AvgIpc) is 3.28. The van der Waals surface area contributed by atoms with Crippen molar-refractivity contribution in [2.75, 3.05) is 52.9 Å². The van der Waals surface area contributed by atoms with Gasteiger partial charge < -0.3 is 20.0 Å². The summed E-state index contributed by atoms with van der Waals surface area (Å²) < 4.78 is 5.75. The van der Waals surface area contributed by atoms with Gasteiger partial charge in [0, 0.05) is 20.1 Å². The number of likely N-dealkylation sites (tertiary alicyclic amines) is 2. The standard InChI is InChI=1S/C22H39N5O.HI/c1-3-26-15-10-19(11-16-26)9-12-24-22(23-2)25-18-20(21-8-7-17-28-21)27-13-5-4-6-14-27;/h7-8,17,19-20H,3-6,9-16,18H2,1-2H3,(H2,23,24,25);1H. The highest BCUT2D eigenvalue weighted by Gasteiger charge is 2.24. The lowest BCUT2D eigenvalue weighted by Gasteiger charge is -2.34. The molecule has 1 aromatic heterocycles. The van der Waals surface area contributed by atoms with Gasteiger partial charge in [0.25, 0.3) is 0 Å². The van der Waals surface area contributed by atoms with E-state index in [1.165, 1.54) is 58.2 Å². The highest BCUT2D eigenvalue weighted by molar-refractivity contribution is 14.0. The molecule has 1 atom stereocenters. The summed E-state index contributed by atoms with van der Waals surface area (Å²) in [5.74, 6) is 2.80. The van der Waals surface area contributed by atoms with Crippen LogP contribution < -0.4 is 10.6 Å². The Kier molecular flexibility index (Phi) is 11.4. The SMILES string of the molecule is CCN1CCC(CCNC(=NC)NCC(c2ccco2)N2CCCCC2)CC1.I. The maximum absolute atomic E-state index is 5.75. The van der Waals surface area contributed by atoms with E-state index in [-0.39, 0.29) is 30.0 Å². The Labute approximate surface area is 193 Å². The van der Waals surface area contributed by atoms with E-state index in [4.69, 9.17) is 4.42 Å². The van der Waals surface area contributed by atoms with Crippen LogP contribution in [-0.2, 0) is 0 Å². The minimum atomic E-state index is 0. The van der Waals surface area contributed by atoms with Crippen LogP contribution in [0.15, 0.2) is 27.8 Å². The molecule has 0 spiro atoms. The first-order valence-corrected chi connectivity index (χ1v) is 11.2. The fraction of sp³-hybridized carbons (Fsp3) is 0.773. The van der Waals surface area contributed by atoms with E-state index < -0.39 is 0 Å². The van der Waals surface area contributed by atoms with Gasteiger partial charge in [-0.05, 0) is 82.9 Å². The number of rotatable bonds is 8. The third-order valence-electron chi connectivity index (χ3n) is 6.39. The number of aliphatic imine (C=N–C) groups is 1. The van der Waals surface area contributed by atoms with Gasteiger partial charge in [-0.3, -0.25) is 9.89 Å². The van der Waals surface area contributed by atoms with Gasteiger partial charge in [0.1, 0.15) is 5.76 Å². The van der Waals surface area contributed by atoms with Gasteiger partial charge in [0.05, 0.1) is 12.3 Å². The Hall–Kier alpha value is -0.800. The largest absolute Gasteiger partial charge is 0.468 e. The lowest BCUT2D eigenvalue weighted by Crippen LogP contribution is -2.45. The van der Waals surface area contributed by atoms with Gasteiger partial charge in [-0.25, -0.2) is 0 Å². The fourth-order valence-electron chi connectivity index (χ4n) is 4.52. The monoisotopic (exact) mass is 517 g/mol. The average molecular weight is 518 g/mol. The molecule has 2 aliphatic rings. The zero-order valence-corrected chi connectivity index (χ0v) is 20.6. The summed E-state index contributed by atoms with van der Waals surface area (Å²) in [7, 11) is 1.86. The van der Waals surface area contributed by atoms with Gasteiger partial charge in [0.15, 0.2) is 5.96 Å². The van der Waals surface area contributed by atoms with Crippen molar-refractivity contribution in [3.8, 4) is 0 Å². The minimum absolute atomic E-state index is 0. The van der Waals surface area contributed by atoms with Crippen LogP contribution in [0, 0.1) is 5.92 Å². The summed E-state index contributed by atoms with van der Waals surface area (Å²) in [6, 6.07) is 4.36. The molecule has 0 amide bonds. The smallest absolute Gasteiger partial charge is 0.191 e. The molecular formula is C22H40IN5O. The summed E-state index contributed by atoms with van der Waals surface area (Å²) >= 11 is 0. The molecule has 29 heavy (non-hydrogen) atoms. The van der Waals surface area contributed by atoms with Crippen molar-refractivity contribution in [2.24, 2.45) is 10.9 Å². The third-order valence-corrected chi connectivity index (χ3v) is 6.39. The molecule has 0 saturated carbocycles. The molecule has 166 valence electrons. The Morgan fingerprint density at radius 2 is 1.93 bits per heavy atom. The Morgan fingerprint density at radius 3 is 2.55 bits per heavy atom. The van der Waals surface area contributed by atoms with Crippen molar-refractivity contribution in [1.82, 2.24) is 20.4 Å². The maximum atomic E-state index is 5.75. The Morgan fingerprint density at radius 1 is 1.17 bits per heavy atom. The number of hydrogen-bond acceptors (Lipinski definition) is 4. The molecule has 2 saturated heterocycles. The molecular weight excluding hydrogens is 477 g/mol. The quantitative estimate of drug-likeness (QED) is 0.313. The summed E-state index contributed by atoms with van der Waals surface area (Å²) in [4.78, 5) is 9.53. The zero-order chi connectivity index (χ0) is 19.6. The second-order valence-corrected chi connectivity index (χ2v) is 8.17. The molecule has 3 heterocycles. The van der Waals surface area contributed by atoms with Gasteiger partial charge in [-0.15, -0.1) is 24.0 Å². The van der Waals surface area contributed by atoms with E-state index in [2.05, 4.69) is 38.4 Å². The first-order chi connectivity index (χ1) is 13.8. The summed E-state index contributed by atoms with van der Waals surface area (Å²) in [6.07, 6.45) is 9.57. The first-order valence-electron chi connectivity index (χ1n) is 11.2. The van der Waals surface area contributed by atoms with Crippen LogP contribution in [0.3, 0.4) is 0 Å². The maximum Gasteiger partial charge on any atom is 0.191 e. The van der Waals surface area contributed by atoms with Crippen molar-refractivity contribution in [2.45, 2.75) is 51.5 Å². The van der Waals surface area contributed by atoms with Crippen LogP contribution in [0.25, 0.3) is 0 Å². The van der Waals surface area contributed by atoms with Crippen LogP contribution in [0.2, 0.25) is 0 Å². The van der Waals surface area contributed by atoms with Crippen molar-refractivity contribution in [3.05, 3.63) is 24.2 Å². The molecule has 0 aliphatic carbocycles. The van der Waals surface area contributed by atoms with Crippen LogP contribution >= 0.6 is 24.0 Å². The number of nitrogens with one attached hydrogen (secondary N) is 2. The number of hydrogen-bond donors (Lipinski definition) is 2. The van der Waals surface area contributed by atoms with Crippen molar-refractivity contribution >= 4 is 29.9 Å². The van der Waals surface area contributed by atoms with Crippen LogP contribution in [0.5, 0.6) is 0 Å². The van der Waals surface area contributed by atoms with Crippen molar-refractivity contribution in [3.63, 3.8) is 0 Å². The molecule has 2 N–H and O–H groups in total. The van der Waals surface area contributed by atoms with Gasteiger partial charge >= 0.3 is 0 Å². The van der Waals surface area contributed by atoms with Crippen molar-refractivity contribution < 1.29 is 4.42 Å². The Balaban J connectivity index is 0.00000300. The molecule has 1 aromatic rings. The molecule has 0 aromatic carbocycles. The first kappa shape index (κ1) is 24.5. The molecule has 3 rings (SSSR count). The zero-order valence-electron chi connectivity index (χ0n) is 18.2. The molecule has 7 heteroatoms. The van der Waals surface area contributed by atoms with E-state index >= 15 is 0 Å². The van der Waals surface area contributed by atoms with Crippen LogP contribution in [0.1, 0.15) is 57.3 Å². The van der Waals surface area contributed by atoms with Crippen LogP contribution in [-0.4, -0.2) is 68.6 Å². The third kappa shape index (κ3) is 7.75. The number of furan rings is 1. The molecule has 0 bridgehead atoms. The highest BCUT2D eigenvalue weighted by Crippen LogP contribution is 2.24. The normalized spacial score (nSPS) is 20.8. The number of piperidine rings is 2.